The first-order valence-corrected chi connectivity index (χ1v) is 8.51. The zero-order chi connectivity index (χ0) is 13.9. The van der Waals surface area contributed by atoms with E-state index in [2.05, 4.69) is 23.8 Å². The summed E-state index contributed by atoms with van der Waals surface area (Å²) in [5.41, 5.74) is 1.17. The molecule has 2 heteroatoms. The largest absolute Gasteiger partial charge is 0.241 e. The highest BCUT2D eigenvalue weighted by Gasteiger charge is 2.31. The molecule has 3 rings (SSSR count). The molecule has 2 fully saturated rings. The molecule has 0 atom stereocenters. The summed E-state index contributed by atoms with van der Waals surface area (Å²) in [6.07, 6.45) is 15.3. The molecule has 0 aliphatic heterocycles. The van der Waals surface area contributed by atoms with E-state index in [4.69, 9.17) is 0 Å². The van der Waals surface area contributed by atoms with Crippen LogP contribution in [0.4, 0.5) is 0 Å². The second-order valence-electron chi connectivity index (χ2n) is 7.25. The molecule has 1 aromatic heterocycles. The predicted octanol–water partition coefficient (Wildman–Crippen LogP) is 4.89. The Bertz CT molecular complexity index is 410. The summed E-state index contributed by atoms with van der Waals surface area (Å²) in [7, 11) is 0. The zero-order valence-electron chi connectivity index (χ0n) is 13.0. The average Bonchev–Trinajstić information content (AvgIpc) is 2.49. The van der Waals surface area contributed by atoms with Gasteiger partial charge in [0, 0.05) is 18.3 Å². The van der Waals surface area contributed by atoms with E-state index in [0.717, 1.165) is 23.6 Å². The maximum atomic E-state index is 4.54. The number of hydrogen-bond donors (Lipinski definition) is 0. The fourth-order valence-electron chi connectivity index (χ4n) is 4.22. The molecule has 0 spiro atoms. The molecule has 0 unspecified atom stereocenters. The first-order chi connectivity index (χ1) is 9.72. The van der Waals surface area contributed by atoms with Crippen molar-refractivity contribution in [1.29, 1.82) is 0 Å². The van der Waals surface area contributed by atoms with Crippen LogP contribution in [-0.4, -0.2) is 9.97 Å². The summed E-state index contributed by atoms with van der Waals surface area (Å²) >= 11 is 0. The number of nitrogens with zero attached hydrogens (tertiary/aromatic N) is 2. The third-order valence-electron chi connectivity index (χ3n) is 5.67. The third kappa shape index (κ3) is 3.21. The van der Waals surface area contributed by atoms with E-state index in [1.54, 1.807) is 0 Å². The Kier molecular flexibility index (Phi) is 4.38. The van der Waals surface area contributed by atoms with E-state index in [0.29, 0.717) is 5.92 Å². The van der Waals surface area contributed by atoms with Gasteiger partial charge in [-0.2, -0.15) is 0 Å². The van der Waals surface area contributed by atoms with Crippen molar-refractivity contribution >= 4 is 0 Å². The normalized spacial score (nSPS) is 34.9. The SMILES string of the molecule is Cc1cnc(C2CCC(C3CCC(C)CC3)CC2)nc1. The maximum absolute atomic E-state index is 4.54. The van der Waals surface area contributed by atoms with Crippen molar-refractivity contribution in [2.45, 2.75) is 71.1 Å². The highest BCUT2D eigenvalue weighted by atomic mass is 14.9. The van der Waals surface area contributed by atoms with Crippen LogP contribution in [0.3, 0.4) is 0 Å². The van der Waals surface area contributed by atoms with Gasteiger partial charge in [-0.3, -0.25) is 0 Å². The van der Waals surface area contributed by atoms with E-state index in [9.17, 15) is 0 Å². The maximum Gasteiger partial charge on any atom is 0.131 e. The van der Waals surface area contributed by atoms with Crippen LogP contribution in [-0.2, 0) is 0 Å². The lowest BCUT2D eigenvalue weighted by Crippen LogP contribution is -2.25. The molecule has 2 saturated carbocycles. The van der Waals surface area contributed by atoms with Crippen LogP contribution in [0.25, 0.3) is 0 Å². The molecule has 2 aliphatic carbocycles. The highest BCUT2D eigenvalue weighted by Crippen LogP contribution is 2.43. The monoisotopic (exact) mass is 272 g/mol. The van der Waals surface area contributed by atoms with Crippen molar-refractivity contribution < 1.29 is 0 Å². The van der Waals surface area contributed by atoms with Gasteiger partial charge >= 0.3 is 0 Å². The number of aromatic nitrogens is 2. The molecule has 20 heavy (non-hydrogen) atoms. The predicted molar refractivity (Wildman–Crippen MR) is 82.6 cm³/mol. The van der Waals surface area contributed by atoms with E-state index in [1.165, 1.54) is 56.9 Å². The van der Waals surface area contributed by atoms with Crippen molar-refractivity contribution in [2.24, 2.45) is 17.8 Å². The van der Waals surface area contributed by atoms with Crippen LogP contribution in [0.15, 0.2) is 12.4 Å². The van der Waals surface area contributed by atoms with Crippen LogP contribution in [0.5, 0.6) is 0 Å². The van der Waals surface area contributed by atoms with Gasteiger partial charge in [0.2, 0.25) is 0 Å². The quantitative estimate of drug-likeness (QED) is 0.766. The van der Waals surface area contributed by atoms with Gasteiger partial charge < -0.3 is 0 Å². The van der Waals surface area contributed by atoms with Crippen molar-refractivity contribution in [3.05, 3.63) is 23.8 Å². The molecule has 110 valence electrons. The molecule has 0 saturated heterocycles. The van der Waals surface area contributed by atoms with Gasteiger partial charge in [-0.05, 0) is 68.8 Å². The van der Waals surface area contributed by atoms with Crippen molar-refractivity contribution in [3.8, 4) is 0 Å². The lowest BCUT2D eigenvalue weighted by molar-refractivity contribution is 0.163. The molecule has 0 bridgehead atoms. The average molecular weight is 272 g/mol. The summed E-state index contributed by atoms with van der Waals surface area (Å²) in [6, 6.07) is 0. The Labute approximate surface area is 123 Å². The van der Waals surface area contributed by atoms with Crippen molar-refractivity contribution in [3.63, 3.8) is 0 Å². The molecule has 2 aliphatic rings. The van der Waals surface area contributed by atoms with Gasteiger partial charge in [0.1, 0.15) is 5.82 Å². The van der Waals surface area contributed by atoms with E-state index in [-0.39, 0.29) is 0 Å². The number of hydrogen-bond acceptors (Lipinski definition) is 2. The van der Waals surface area contributed by atoms with Crippen LogP contribution in [0, 0.1) is 24.7 Å². The first-order valence-electron chi connectivity index (χ1n) is 8.51. The molecular weight excluding hydrogens is 244 g/mol. The molecule has 1 aromatic rings. The van der Waals surface area contributed by atoms with Gasteiger partial charge in [0.25, 0.3) is 0 Å². The summed E-state index contributed by atoms with van der Waals surface area (Å²) in [5, 5.41) is 0. The number of rotatable bonds is 2. The van der Waals surface area contributed by atoms with Crippen molar-refractivity contribution in [2.75, 3.05) is 0 Å². The summed E-state index contributed by atoms with van der Waals surface area (Å²) in [6.45, 7) is 4.48. The second-order valence-corrected chi connectivity index (χ2v) is 7.25. The Morgan fingerprint density at radius 1 is 0.800 bits per heavy atom. The lowest BCUT2D eigenvalue weighted by atomic mass is 9.69. The molecule has 0 N–H and O–H groups in total. The van der Waals surface area contributed by atoms with Crippen LogP contribution >= 0.6 is 0 Å². The summed E-state index contributed by atoms with van der Waals surface area (Å²) < 4.78 is 0. The molecular formula is C18H28N2. The Balaban J connectivity index is 1.53. The van der Waals surface area contributed by atoms with Crippen LogP contribution in [0.2, 0.25) is 0 Å². The van der Waals surface area contributed by atoms with Gasteiger partial charge in [-0.15, -0.1) is 0 Å². The standard InChI is InChI=1S/C18H28N2/c1-13-3-5-15(6-4-13)16-7-9-17(10-8-16)18-19-11-14(2)12-20-18/h11-13,15-17H,3-10H2,1-2H3. The minimum Gasteiger partial charge on any atom is -0.241 e. The highest BCUT2D eigenvalue weighted by molar-refractivity contribution is 5.06. The van der Waals surface area contributed by atoms with E-state index < -0.39 is 0 Å². The van der Waals surface area contributed by atoms with Gasteiger partial charge in [-0.1, -0.05) is 19.8 Å². The fraction of sp³-hybridized carbons (Fsp3) is 0.778. The number of aryl methyl sites for hydroxylation is 1. The summed E-state index contributed by atoms with van der Waals surface area (Å²) in [4.78, 5) is 9.08. The second kappa shape index (κ2) is 6.24. The third-order valence-corrected chi connectivity index (χ3v) is 5.67. The van der Waals surface area contributed by atoms with Gasteiger partial charge in [-0.25, -0.2) is 9.97 Å². The summed E-state index contributed by atoms with van der Waals surface area (Å²) in [5.74, 6) is 4.69. The Hall–Kier alpha value is -0.920. The van der Waals surface area contributed by atoms with Crippen molar-refractivity contribution in [1.82, 2.24) is 9.97 Å². The lowest BCUT2D eigenvalue weighted by Gasteiger charge is -2.36. The van der Waals surface area contributed by atoms with Gasteiger partial charge in [0.05, 0.1) is 0 Å². The Morgan fingerprint density at radius 3 is 1.85 bits per heavy atom. The first kappa shape index (κ1) is 14.0. The Morgan fingerprint density at radius 2 is 1.30 bits per heavy atom. The fourth-order valence-corrected chi connectivity index (χ4v) is 4.22. The smallest absolute Gasteiger partial charge is 0.131 e. The minimum atomic E-state index is 0.620. The van der Waals surface area contributed by atoms with Gasteiger partial charge in [0.15, 0.2) is 0 Å². The topological polar surface area (TPSA) is 25.8 Å². The zero-order valence-corrected chi connectivity index (χ0v) is 13.0. The van der Waals surface area contributed by atoms with Crippen LogP contribution in [0.1, 0.15) is 75.6 Å². The molecule has 0 amide bonds. The van der Waals surface area contributed by atoms with Crippen LogP contribution < -0.4 is 0 Å². The van der Waals surface area contributed by atoms with E-state index >= 15 is 0 Å². The minimum absolute atomic E-state index is 0.620. The molecule has 0 radical (unpaired) electrons. The molecule has 2 nitrogen and oxygen atoms in total. The molecule has 0 aromatic carbocycles. The van der Waals surface area contributed by atoms with E-state index in [1.807, 2.05) is 12.4 Å². The molecule has 1 heterocycles.